The van der Waals surface area contributed by atoms with Crippen LogP contribution in [-0.2, 0) is 16.1 Å². The third-order valence-corrected chi connectivity index (χ3v) is 5.70. The number of nitrogens with one attached hydrogen (secondary N) is 2. The summed E-state index contributed by atoms with van der Waals surface area (Å²) in [6.07, 6.45) is 1.51. The number of thiophene rings is 1. The number of hydrogen-bond donors (Lipinski definition) is 2. The molecular weight excluding hydrogens is 444 g/mol. The van der Waals surface area contributed by atoms with E-state index in [9.17, 15) is 14.4 Å². The third-order valence-electron chi connectivity index (χ3n) is 4.81. The van der Waals surface area contributed by atoms with Crippen molar-refractivity contribution in [2.24, 2.45) is 0 Å². The Morgan fingerprint density at radius 2 is 2.06 bits per heavy atom. The van der Waals surface area contributed by atoms with Gasteiger partial charge in [0.1, 0.15) is 22.1 Å². The van der Waals surface area contributed by atoms with Gasteiger partial charge in [-0.05, 0) is 38.2 Å². The number of aromatic amines is 1. The van der Waals surface area contributed by atoms with Crippen LogP contribution in [0.4, 0.5) is 5.00 Å². The maximum atomic E-state index is 12.7. The molecule has 1 amide bonds. The molecule has 0 spiro atoms. The Bertz CT molecular complexity index is 1340. The molecular formula is C23H22N4O5S. The van der Waals surface area contributed by atoms with Crippen molar-refractivity contribution in [1.82, 2.24) is 14.9 Å². The second-order valence-electron chi connectivity index (χ2n) is 7.30. The summed E-state index contributed by atoms with van der Waals surface area (Å²) in [5.41, 5.74) is 1.19. The molecule has 0 unspecified atom stereocenters. The summed E-state index contributed by atoms with van der Waals surface area (Å²) < 4.78 is 10.6. The highest BCUT2D eigenvalue weighted by Crippen LogP contribution is 2.36. The number of H-pyrrole nitrogens is 1. The quantitative estimate of drug-likeness (QED) is 0.382. The van der Waals surface area contributed by atoms with Gasteiger partial charge >= 0.3 is 5.97 Å². The fourth-order valence-corrected chi connectivity index (χ4v) is 4.36. The Morgan fingerprint density at radius 3 is 2.82 bits per heavy atom. The first-order valence-electron chi connectivity index (χ1n) is 10.2. The monoisotopic (exact) mass is 466 g/mol. The first-order valence-corrected chi connectivity index (χ1v) is 11.1. The molecule has 3 heterocycles. The molecule has 3 aromatic heterocycles. The molecule has 0 saturated heterocycles. The van der Waals surface area contributed by atoms with Gasteiger partial charge in [-0.3, -0.25) is 14.5 Å². The molecule has 0 fully saturated rings. The van der Waals surface area contributed by atoms with Gasteiger partial charge in [0.25, 0.3) is 5.56 Å². The van der Waals surface area contributed by atoms with Crippen LogP contribution in [0.25, 0.3) is 22.2 Å². The Morgan fingerprint density at radius 1 is 1.24 bits per heavy atom. The summed E-state index contributed by atoms with van der Waals surface area (Å²) in [5, 5.41) is 5.43. The minimum absolute atomic E-state index is 0.0206. The molecule has 0 aliphatic carbocycles. The molecule has 0 radical (unpaired) electrons. The average molecular weight is 467 g/mol. The number of nitrogens with zero attached hydrogens (tertiary/aromatic N) is 2. The lowest BCUT2D eigenvalue weighted by molar-refractivity contribution is -0.117. The van der Waals surface area contributed by atoms with E-state index in [0.717, 1.165) is 0 Å². The number of para-hydroxylation sites is 1. The van der Waals surface area contributed by atoms with Crippen LogP contribution in [0, 0.1) is 0 Å². The van der Waals surface area contributed by atoms with Crippen molar-refractivity contribution < 1.29 is 18.7 Å². The smallest absolute Gasteiger partial charge is 0.341 e. The lowest BCUT2D eigenvalue weighted by atomic mass is 10.1. The summed E-state index contributed by atoms with van der Waals surface area (Å²) >= 11 is 1.22. The van der Waals surface area contributed by atoms with Crippen LogP contribution in [0.1, 0.15) is 23.1 Å². The first kappa shape index (κ1) is 22.4. The van der Waals surface area contributed by atoms with Crippen LogP contribution in [0.3, 0.4) is 0 Å². The SMILES string of the molecule is CCOC(=O)c1c(-c2ccco2)csc1NC(=O)CN(C)Cc1nc2ccccc2c(=O)[nH]1. The average Bonchev–Trinajstić information content (AvgIpc) is 3.43. The lowest BCUT2D eigenvalue weighted by Gasteiger charge is -2.16. The standard InChI is InChI=1S/C23H22N4O5S/c1-3-31-23(30)20-15(17-9-6-10-32-17)13-33-22(20)26-19(28)12-27(2)11-18-24-16-8-5-4-7-14(16)21(29)25-18/h4-10,13H,3,11-12H2,1-2H3,(H,26,28)(H,24,25,29). The Labute approximate surface area is 193 Å². The Kier molecular flexibility index (Phi) is 6.66. The molecule has 33 heavy (non-hydrogen) atoms. The van der Waals surface area contributed by atoms with Gasteiger partial charge in [0.05, 0.1) is 36.9 Å². The zero-order valence-corrected chi connectivity index (χ0v) is 18.9. The van der Waals surface area contributed by atoms with Gasteiger partial charge in [-0.25, -0.2) is 9.78 Å². The molecule has 2 N–H and O–H groups in total. The van der Waals surface area contributed by atoms with Crippen molar-refractivity contribution in [1.29, 1.82) is 0 Å². The zero-order chi connectivity index (χ0) is 23.4. The molecule has 0 bridgehead atoms. The van der Waals surface area contributed by atoms with Crippen molar-refractivity contribution >= 4 is 39.1 Å². The predicted octanol–water partition coefficient (Wildman–Crippen LogP) is 3.49. The largest absolute Gasteiger partial charge is 0.464 e. The van der Waals surface area contributed by atoms with E-state index in [4.69, 9.17) is 9.15 Å². The summed E-state index contributed by atoms with van der Waals surface area (Å²) in [4.78, 5) is 46.5. The minimum atomic E-state index is -0.535. The van der Waals surface area contributed by atoms with Gasteiger partial charge < -0.3 is 19.5 Å². The Balaban J connectivity index is 1.47. The zero-order valence-electron chi connectivity index (χ0n) is 18.1. The Hall–Kier alpha value is -3.76. The second kappa shape index (κ2) is 9.80. The topological polar surface area (TPSA) is 118 Å². The van der Waals surface area contributed by atoms with E-state index in [0.29, 0.717) is 33.1 Å². The third kappa shape index (κ3) is 5.02. The molecule has 0 atom stereocenters. The van der Waals surface area contributed by atoms with Crippen molar-refractivity contribution in [3.05, 3.63) is 69.8 Å². The van der Waals surface area contributed by atoms with E-state index < -0.39 is 5.97 Å². The van der Waals surface area contributed by atoms with Gasteiger partial charge in [-0.2, -0.15) is 0 Å². The van der Waals surface area contributed by atoms with E-state index >= 15 is 0 Å². The van der Waals surface area contributed by atoms with E-state index in [2.05, 4.69) is 15.3 Å². The summed E-state index contributed by atoms with van der Waals surface area (Å²) in [6, 6.07) is 10.5. The fourth-order valence-electron chi connectivity index (χ4n) is 3.40. The van der Waals surface area contributed by atoms with Crippen LogP contribution in [0.2, 0.25) is 0 Å². The highest BCUT2D eigenvalue weighted by molar-refractivity contribution is 7.15. The van der Waals surface area contributed by atoms with Crippen LogP contribution in [-0.4, -0.2) is 46.9 Å². The van der Waals surface area contributed by atoms with Crippen molar-refractivity contribution in [2.75, 3.05) is 25.5 Å². The number of ether oxygens (including phenoxy) is 1. The van der Waals surface area contributed by atoms with Crippen LogP contribution in [0.15, 0.2) is 57.3 Å². The number of benzene rings is 1. The molecule has 10 heteroatoms. The molecule has 9 nitrogen and oxygen atoms in total. The maximum absolute atomic E-state index is 12.7. The first-order chi connectivity index (χ1) is 16.0. The number of furan rings is 1. The summed E-state index contributed by atoms with van der Waals surface area (Å²) in [5.74, 6) is 0.112. The fraction of sp³-hybridized carbons (Fsp3) is 0.217. The number of fused-ring (bicyclic) bond motifs is 1. The number of amides is 1. The number of hydrogen-bond acceptors (Lipinski definition) is 8. The van der Waals surface area contributed by atoms with Gasteiger partial charge in [0.2, 0.25) is 5.91 Å². The van der Waals surface area contributed by atoms with E-state index in [1.807, 2.05) is 6.07 Å². The van der Waals surface area contributed by atoms with Crippen LogP contribution < -0.4 is 10.9 Å². The van der Waals surface area contributed by atoms with E-state index in [1.165, 1.54) is 17.6 Å². The normalized spacial score (nSPS) is 11.1. The van der Waals surface area contributed by atoms with Crippen molar-refractivity contribution in [3.63, 3.8) is 0 Å². The molecule has 0 saturated carbocycles. The number of likely N-dealkylation sites (N-methyl/N-ethyl adjacent to an activating group) is 1. The summed E-state index contributed by atoms with van der Waals surface area (Å²) in [6.45, 7) is 2.21. The molecule has 0 aliphatic rings. The van der Waals surface area contributed by atoms with Crippen molar-refractivity contribution in [2.45, 2.75) is 13.5 Å². The molecule has 170 valence electrons. The lowest BCUT2D eigenvalue weighted by Crippen LogP contribution is -2.31. The number of aromatic nitrogens is 2. The number of esters is 1. The van der Waals surface area contributed by atoms with E-state index in [-0.39, 0.29) is 36.7 Å². The second-order valence-corrected chi connectivity index (χ2v) is 8.18. The number of carbonyl (C=O) groups excluding carboxylic acids is 2. The molecule has 1 aromatic carbocycles. The van der Waals surface area contributed by atoms with E-state index in [1.54, 1.807) is 54.6 Å². The van der Waals surface area contributed by atoms with Crippen molar-refractivity contribution in [3.8, 4) is 11.3 Å². The maximum Gasteiger partial charge on any atom is 0.341 e. The van der Waals surface area contributed by atoms with Gasteiger partial charge in [-0.15, -0.1) is 11.3 Å². The number of anilines is 1. The van der Waals surface area contributed by atoms with Crippen LogP contribution >= 0.6 is 11.3 Å². The number of rotatable bonds is 8. The summed E-state index contributed by atoms with van der Waals surface area (Å²) in [7, 11) is 1.74. The highest BCUT2D eigenvalue weighted by atomic mass is 32.1. The molecule has 4 aromatic rings. The molecule has 0 aliphatic heterocycles. The van der Waals surface area contributed by atoms with Gasteiger partial charge in [-0.1, -0.05) is 12.1 Å². The number of carbonyl (C=O) groups is 2. The molecule has 4 rings (SSSR count). The van der Waals surface area contributed by atoms with Crippen LogP contribution in [0.5, 0.6) is 0 Å². The van der Waals surface area contributed by atoms with Gasteiger partial charge in [0.15, 0.2) is 0 Å². The highest BCUT2D eigenvalue weighted by Gasteiger charge is 2.24. The van der Waals surface area contributed by atoms with Gasteiger partial charge in [0, 0.05) is 10.9 Å². The minimum Gasteiger partial charge on any atom is -0.464 e. The predicted molar refractivity (Wildman–Crippen MR) is 125 cm³/mol.